The van der Waals surface area contributed by atoms with Crippen LogP contribution in [0.2, 0.25) is 15.1 Å². The quantitative estimate of drug-likeness (QED) is 0.407. The highest BCUT2D eigenvalue weighted by molar-refractivity contribution is 6.35. The molecule has 6 nitrogen and oxygen atoms in total. The average molecular weight is 519 g/mol. The largest absolute Gasteiger partial charge is 0.457 e. The summed E-state index contributed by atoms with van der Waals surface area (Å²) in [5.74, 6) is 0.812. The lowest BCUT2D eigenvalue weighted by Gasteiger charge is -2.36. The Balaban J connectivity index is 1.37. The molecule has 0 aliphatic carbocycles. The number of rotatable bonds is 5. The molecule has 0 radical (unpaired) electrons. The van der Waals surface area contributed by atoms with Crippen molar-refractivity contribution < 1.29 is 14.0 Å². The highest BCUT2D eigenvalue weighted by Crippen LogP contribution is 2.32. The molecule has 34 heavy (non-hydrogen) atoms. The second kappa shape index (κ2) is 10.6. The van der Waals surface area contributed by atoms with Gasteiger partial charge in [0.2, 0.25) is 11.8 Å². The van der Waals surface area contributed by atoms with Crippen molar-refractivity contribution in [2.75, 3.05) is 36.4 Å². The molecule has 1 aliphatic heterocycles. The number of furan rings is 1. The van der Waals surface area contributed by atoms with Gasteiger partial charge in [0.15, 0.2) is 0 Å². The molecule has 2 amide bonds. The first kappa shape index (κ1) is 24.2. The summed E-state index contributed by atoms with van der Waals surface area (Å²) in [4.78, 5) is 27.9. The minimum atomic E-state index is -0.322. The van der Waals surface area contributed by atoms with Crippen molar-refractivity contribution in [2.24, 2.45) is 0 Å². The fraction of sp³-hybridized carbons (Fsp3) is 0.200. The van der Waals surface area contributed by atoms with Gasteiger partial charge in [-0.25, -0.2) is 0 Å². The molecule has 2 heterocycles. The van der Waals surface area contributed by atoms with Crippen LogP contribution in [-0.2, 0) is 9.59 Å². The lowest BCUT2D eigenvalue weighted by atomic mass is 10.2. The molecule has 3 aromatic rings. The molecule has 1 aromatic heterocycles. The normalized spacial score (nSPS) is 14.0. The van der Waals surface area contributed by atoms with Gasteiger partial charge in [0.25, 0.3) is 0 Å². The van der Waals surface area contributed by atoms with Crippen molar-refractivity contribution in [2.45, 2.75) is 6.92 Å². The number of hydrogen-bond donors (Lipinski definition) is 1. The van der Waals surface area contributed by atoms with Crippen LogP contribution in [0.4, 0.5) is 11.4 Å². The minimum absolute atomic E-state index is 0.0795. The van der Waals surface area contributed by atoms with E-state index in [9.17, 15) is 9.59 Å². The highest BCUT2D eigenvalue weighted by Gasteiger charge is 2.20. The number of benzene rings is 2. The molecule has 0 bridgehead atoms. The Bertz CT molecular complexity index is 1250. The monoisotopic (exact) mass is 517 g/mol. The number of amides is 2. The molecule has 2 aromatic carbocycles. The number of nitrogens with one attached hydrogen (secondary N) is 1. The molecule has 0 saturated carbocycles. The molecule has 1 fully saturated rings. The Kier molecular flexibility index (Phi) is 7.51. The van der Waals surface area contributed by atoms with Gasteiger partial charge in [-0.2, -0.15) is 0 Å². The highest BCUT2D eigenvalue weighted by atomic mass is 35.5. The Labute approximate surface area is 212 Å². The van der Waals surface area contributed by atoms with Crippen LogP contribution in [0.5, 0.6) is 0 Å². The van der Waals surface area contributed by atoms with Crippen molar-refractivity contribution in [3.05, 3.63) is 75.4 Å². The van der Waals surface area contributed by atoms with Gasteiger partial charge in [0.1, 0.15) is 11.5 Å². The Morgan fingerprint density at radius 3 is 2.41 bits per heavy atom. The van der Waals surface area contributed by atoms with E-state index in [2.05, 4.69) is 10.2 Å². The zero-order valence-corrected chi connectivity index (χ0v) is 20.6. The van der Waals surface area contributed by atoms with E-state index in [4.69, 9.17) is 39.2 Å². The first-order valence-electron chi connectivity index (χ1n) is 10.6. The van der Waals surface area contributed by atoms with Gasteiger partial charge in [0, 0.05) is 55.5 Å². The van der Waals surface area contributed by atoms with Crippen molar-refractivity contribution in [3.63, 3.8) is 0 Å². The van der Waals surface area contributed by atoms with E-state index in [-0.39, 0.29) is 11.8 Å². The number of hydrogen-bond acceptors (Lipinski definition) is 4. The summed E-state index contributed by atoms with van der Waals surface area (Å²) < 4.78 is 5.77. The maximum atomic E-state index is 12.4. The Morgan fingerprint density at radius 1 is 0.941 bits per heavy atom. The third-order valence-electron chi connectivity index (χ3n) is 5.50. The summed E-state index contributed by atoms with van der Waals surface area (Å²) in [5.41, 5.74) is 2.13. The zero-order valence-electron chi connectivity index (χ0n) is 18.4. The third kappa shape index (κ3) is 5.76. The molecule has 0 spiro atoms. The van der Waals surface area contributed by atoms with Gasteiger partial charge in [-0.05, 0) is 54.6 Å². The lowest BCUT2D eigenvalue weighted by molar-refractivity contribution is -0.129. The van der Waals surface area contributed by atoms with Crippen LogP contribution in [0.25, 0.3) is 17.4 Å². The van der Waals surface area contributed by atoms with Crippen LogP contribution >= 0.6 is 34.8 Å². The predicted octanol–water partition coefficient (Wildman–Crippen LogP) is 6.23. The Morgan fingerprint density at radius 2 is 1.71 bits per heavy atom. The van der Waals surface area contributed by atoms with E-state index in [1.807, 2.05) is 11.0 Å². The number of carbonyl (C=O) groups is 2. The smallest absolute Gasteiger partial charge is 0.248 e. The molecular formula is C25H22Cl3N3O3. The Hall–Kier alpha value is -2.93. The number of anilines is 2. The molecule has 9 heteroatoms. The number of piperazine rings is 1. The second-order valence-corrected chi connectivity index (χ2v) is 9.06. The van der Waals surface area contributed by atoms with E-state index in [1.165, 1.54) is 6.08 Å². The fourth-order valence-corrected chi connectivity index (χ4v) is 4.40. The minimum Gasteiger partial charge on any atom is -0.457 e. The van der Waals surface area contributed by atoms with Crippen LogP contribution in [0.15, 0.2) is 59.0 Å². The van der Waals surface area contributed by atoms with Gasteiger partial charge in [-0.1, -0.05) is 34.8 Å². The predicted molar refractivity (Wildman–Crippen MR) is 138 cm³/mol. The summed E-state index contributed by atoms with van der Waals surface area (Å²) in [5, 5.41) is 4.41. The zero-order chi connectivity index (χ0) is 24.2. The molecule has 176 valence electrons. The van der Waals surface area contributed by atoms with Crippen molar-refractivity contribution >= 4 is 64.1 Å². The van der Waals surface area contributed by atoms with Crippen LogP contribution in [0, 0.1) is 0 Å². The molecule has 4 rings (SSSR count). The van der Waals surface area contributed by atoms with Gasteiger partial charge in [-0.3, -0.25) is 9.59 Å². The van der Waals surface area contributed by atoms with Crippen molar-refractivity contribution in [1.29, 1.82) is 0 Å². The lowest BCUT2D eigenvalue weighted by Crippen LogP contribution is -2.48. The summed E-state index contributed by atoms with van der Waals surface area (Å²) in [7, 11) is 0. The molecule has 1 saturated heterocycles. The fourth-order valence-electron chi connectivity index (χ4n) is 3.72. The SMILES string of the molecule is CC(=O)N1CCN(c2ccc(NC(=O)C=Cc3ccc(-c4cc(Cl)ccc4Cl)o3)cc2Cl)CC1. The van der Waals surface area contributed by atoms with Crippen LogP contribution in [0.3, 0.4) is 0 Å². The molecule has 0 atom stereocenters. The summed E-state index contributed by atoms with van der Waals surface area (Å²) >= 11 is 18.7. The summed E-state index contributed by atoms with van der Waals surface area (Å²) in [6.45, 7) is 4.31. The maximum Gasteiger partial charge on any atom is 0.248 e. The van der Waals surface area contributed by atoms with Gasteiger partial charge in [-0.15, -0.1) is 0 Å². The van der Waals surface area contributed by atoms with Crippen molar-refractivity contribution in [3.8, 4) is 11.3 Å². The molecule has 0 unspecified atom stereocenters. The number of halogens is 3. The number of carbonyl (C=O) groups excluding carboxylic acids is 2. The molecular weight excluding hydrogens is 497 g/mol. The van der Waals surface area contributed by atoms with Crippen LogP contribution in [-0.4, -0.2) is 42.9 Å². The average Bonchev–Trinajstić information content (AvgIpc) is 3.28. The van der Waals surface area contributed by atoms with E-state index in [0.29, 0.717) is 64.0 Å². The van der Waals surface area contributed by atoms with Crippen LogP contribution < -0.4 is 10.2 Å². The first-order chi connectivity index (χ1) is 16.3. The molecule has 1 N–H and O–H groups in total. The maximum absolute atomic E-state index is 12.4. The first-order valence-corrected chi connectivity index (χ1v) is 11.8. The van der Waals surface area contributed by atoms with Crippen molar-refractivity contribution in [1.82, 2.24) is 4.90 Å². The van der Waals surface area contributed by atoms with Gasteiger partial charge < -0.3 is 19.5 Å². The molecule has 1 aliphatic rings. The van der Waals surface area contributed by atoms with E-state index in [0.717, 1.165) is 5.69 Å². The topological polar surface area (TPSA) is 65.8 Å². The number of nitrogens with zero attached hydrogens (tertiary/aromatic N) is 2. The van der Waals surface area contributed by atoms with Gasteiger partial charge >= 0.3 is 0 Å². The summed E-state index contributed by atoms with van der Waals surface area (Å²) in [6.07, 6.45) is 2.95. The second-order valence-electron chi connectivity index (χ2n) is 7.81. The third-order valence-corrected chi connectivity index (χ3v) is 6.37. The summed E-state index contributed by atoms with van der Waals surface area (Å²) in [6, 6.07) is 14.0. The van der Waals surface area contributed by atoms with Gasteiger partial charge in [0.05, 0.1) is 15.7 Å². The van der Waals surface area contributed by atoms with E-state index in [1.54, 1.807) is 55.5 Å². The standard InChI is InChI=1S/C25H22Cl3N3O3/c1-16(32)30-10-12-31(13-11-30)23-7-3-18(15-22(23)28)29-25(33)9-5-19-4-8-24(34-19)20-14-17(26)2-6-21(20)27/h2-9,14-15H,10-13H2,1H3,(H,29,33). The van der Waals surface area contributed by atoms with E-state index < -0.39 is 0 Å². The van der Waals surface area contributed by atoms with E-state index >= 15 is 0 Å². The van der Waals surface area contributed by atoms with Crippen LogP contribution in [0.1, 0.15) is 12.7 Å².